The van der Waals surface area contributed by atoms with Crippen LogP contribution >= 0.6 is 12.2 Å². The minimum absolute atomic E-state index is 0.139. The third kappa shape index (κ3) is 5.12. The number of nitrogens with one attached hydrogen (secondary N) is 1. The topological polar surface area (TPSA) is 71.0 Å². The highest BCUT2D eigenvalue weighted by atomic mass is 32.2. The van der Waals surface area contributed by atoms with E-state index in [-0.39, 0.29) is 10.7 Å². The highest BCUT2D eigenvalue weighted by Gasteiger charge is 2.19. The van der Waals surface area contributed by atoms with Crippen molar-refractivity contribution < 1.29 is 13.2 Å². The Balaban J connectivity index is 1.93. The van der Waals surface area contributed by atoms with E-state index in [0.29, 0.717) is 37.0 Å². The van der Waals surface area contributed by atoms with Gasteiger partial charge in [0.15, 0.2) is 10.9 Å². The zero-order chi connectivity index (χ0) is 19.3. The summed E-state index contributed by atoms with van der Waals surface area (Å²) in [5.74, 6) is 0.202. The average molecular weight is 404 g/mol. The van der Waals surface area contributed by atoms with Crippen molar-refractivity contribution in [3.63, 3.8) is 0 Å². The molecule has 1 fully saturated rings. The van der Waals surface area contributed by atoms with Gasteiger partial charge in [0.2, 0.25) is 0 Å². The van der Waals surface area contributed by atoms with Gasteiger partial charge >= 0.3 is 0 Å². The number of hydrogen-bond donors (Lipinski definition) is 1. The molecule has 0 spiro atoms. The summed E-state index contributed by atoms with van der Waals surface area (Å²) in [6.07, 6.45) is 0. The fourth-order valence-electron chi connectivity index (χ4n) is 2.57. The molecule has 8 heteroatoms. The molecule has 0 aliphatic carbocycles. The zero-order valence-corrected chi connectivity index (χ0v) is 16.6. The molecule has 0 unspecified atom stereocenters. The Morgan fingerprint density at radius 3 is 2.33 bits per heavy atom. The maximum absolute atomic E-state index is 12.8. The number of sulfonamides is 1. The van der Waals surface area contributed by atoms with Gasteiger partial charge in [0.05, 0.1) is 18.1 Å². The molecule has 3 rings (SSSR count). The van der Waals surface area contributed by atoms with E-state index >= 15 is 0 Å². The molecule has 1 aliphatic rings. The Labute approximate surface area is 164 Å². The number of morpholine rings is 1. The van der Waals surface area contributed by atoms with Crippen molar-refractivity contribution >= 4 is 33.2 Å². The van der Waals surface area contributed by atoms with Crippen LogP contribution in [0.4, 0.5) is 0 Å². The smallest absolute Gasteiger partial charge is 0.284 e. The molecule has 2 aromatic carbocycles. The molecule has 27 heavy (non-hydrogen) atoms. The van der Waals surface area contributed by atoms with Crippen molar-refractivity contribution in [3.8, 4) is 0 Å². The van der Waals surface area contributed by atoms with Crippen LogP contribution < -0.4 is 5.32 Å². The van der Waals surface area contributed by atoms with E-state index in [1.54, 1.807) is 36.4 Å². The van der Waals surface area contributed by atoms with Crippen LogP contribution in [0, 0.1) is 6.92 Å². The first-order chi connectivity index (χ1) is 13.0. The van der Waals surface area contributed by atoms with Crippen molar-refractivity contribution in [2.75, 3.05) is 26.3 Å². The van der Waals surface area contributed by atoms with Crippen LogP contribution in [-0.2, 0) is 14.8 Å². The molecule has 0 radical (unpaired) electrons. The summed E-state index contributed by atoms with van der Waals surface area (Å²) in [4.78, 5) is 2.08. The number of aryl methyl sites for hydroxylation is 1. The Kier molecular flexibility index (Phi) is 6.20. The molecule has 1 N–H and O–H groups in total. The van der Waals surface area contributed by atoms with Crippen molar-refractivity contribution in [3.05, 3.63) is 65.7 Å². The second kappa shape index (κ2) is 8.60. The number of thiocarbonyl (C=S) groups is 1. The summed E-state index contributed by atoms with van der Waals surface area (Å²) in [7, 11) is -3.88. The summed E-state index contributed by atoms with van der Waals surface area (Å²) in [6.45, 7) is 4.37. The van der Waals surface area contributed by atoms with Crippen molar-refractivity contribution in [2.24, 2.45) is 4.40 Å². The Bertz CT molecular complexity index is 920. The predicted octanol–water partition coefficient (Wildman–Crippen LogP) is 2.34. The SMILES string of the molecule is Cc1ccc(S(=O)(=O)/N=C(\NC(=S)N2CCOCC2)c2ccccc2)cc1. The first-order valence-electron chi connectivity index (χ1n) is 8.56. The molecule has 142 valence electrons. The lowest BCUT2D eigenvalue weighted by molar-refractivity contribution is 0.0681. The number of amidine groups is 1. The molecule has 0 bridgehead atoms. The lowest BCUT2D eigenvalue weighted by atomic mass is 10.2. The number of benzene rings is 2. The van der Waals surface area contributed by atoms with Gasteiger partial charge in [-0.3, -0.25) is 0 Å². The number of rotatable bonds is 3. The first-order valence-corrected chi connectivity index (χ1v) is 10.4. The maximum atomic E-state index is 12.8. The van der Waals surface area contributed by atoms with Crippen LogP contribution in [0.3, 0.4) is 0 Å². The second-order valence-corrected chi connectivity index (χ2v) is 8.11. The van der Waals surface area contributed by atoms with E-state index in [4.69, 9.17) is 17.0 Å². The van der Waals surface area contributed by atoms with Gasteiger partial charge in [-0.1, -0.05) is 48.0 Å². The minimum Gasteiger partial charge on any atom is -0.378 e. The van der Waals surface area contributed by atoms with E-state index in [1.807, 2.05) is 30.0 Å². The van der Waals surface area contributed by atoms with Crippen molar-refractivity contribution in [1.29, 1.82) is 0 Å². The zero-order valence-electron chi connectivity index (χ0n) is 15.0. The van der Waals surface area contributed by atoms with Gasteiger partial charge in [-0.05, 0) is 31.3 Å². The highest BCUT2D eigenvalue weighted by Crippen LogP contribution is 2.15. The number of ether oxygens (including phenoxy) is 1. The van der Waals surface area contributed by atoms with Crippen molar-refractivity contribution in [2.45, 2.75) is 11.8 Å². The minimum atomic E-state index is -3.88. The van der Waals surface area contributed by atoms with E-state index in [9.17, 15) is 8.42 Å². The van der Waals surface area contributed by atoms with E-state index in [2.05, 4.69) is 9.71 Å². The molecule has 2 aromatic rings. The Morgan fingerprint density at radius 2 is 1.70 bits per heavy atom. The number of hydrogen-bond acceptors (Lipinski definition) is 4. The molecule has 1 aliphatic heterocycles. The van der Waals surface area contributed by atoms with Crippen LogP contribution in [-0.4, -0.2) is 50.6 Å². The fourth-order valence-corrected chi connectivity index (χ4v) is 3.83. The Hall–Kier alpha value is -2.29. The summed E-state index contributed by atoms with van der Waals surface area (Å²) >= 11 is 5.46. The molecule has 1 saturated heterocycles. The van der Waals surface area contributed by atoms with Gasteiger partial charge < -0.3 is 15.0 Å². The highest BCUT2D eigenvalue weighted by molar-refractivity contribution is 7.90. The van der Waals surface area contributed by atoms with Crippen LogP contribution in [0.15, 0.2) is 63.9 Å². The van der Waals surface area contributed by atoms with Gasteiger partial charge in [-0.15, -0.1) is 4.40 Å². The second-order valence-electron chi connectivity index (χ2n) is 6.12. The summed E-state index contributed by atoms with van der Waals surface area (Å²) in [6, 6.07) is 15.7. The largest absolute Gasteiger partial charge is 0.378 e. The van der Waals surface area contributed by atoms with Gasteiger partial charge in [-0.2, -0.15) is 8.42 Å². The molecular formula is C19H21N3O3S2. The van der Waals surface area contributed by atoms with E-state index < -0.39 is 10.0 Å². The average Bonchev–Trinajstić information content (AvgIpc) is 2.69. The van der Waals surface area contributed by atoms with Gasteiger partial charge in [-0.25, -0.2) is 0 Å². The molecule has 0 aromatic heterocycles. The predicted molar refractivity (Wildman–Crippen MR) is 109 cm³/mol. The molecule has 0 saturated carbocycles. The molecule has 1 heterocycles. The maximum Gasteiger partial charge on any atom is 0.284 e. The summed E-state index contributed by atoms with van der Waals surface area (Å²) < 4.78 is 34.9. The van der Waals surface area contributed by atoms with Gasteiger partial charge in [0.25, 0.3) is 10.0 Å². The van der Waals surface area contributed by atoms with Gasteiger partial charge in [0.1, 0.15) is 0 Å². The third-order valence-electron chi connectivity index (χ3n) is 4.10. The Morgan fingerprint density at radius 1 is 1.07 bits per heavy atom. The summed E-state index contributed by atoms with van der Waals surface area (Å²) in [5, 5.41) is 3.44. The lowest BCUT2D eigenvalue weighted by Gasteiger charge is -2.29. The fraction of sp³-hybridized carbons (Fsp3) is 0.263. The van der Waals surface area contributed by atoms with Crippen molar-refractivity contribution in [1.82, 2.24) is 10.2 Å². The normalized spacial score (nSPS) is 15.4. The molecule has 6 nitrogen and oxygen atoms in total. The number of nitrogens with zero attached hydrogens (tertiary/aromatic N) is 2. The third-order valence-corrected chi connectivity index (χ3v) is 5.75. The van der Waals surface area contributed by atoms with Crippen LogP contribution in [0.25, 0.3) is 0 Å². The van der Waals surface area contributed by atoms with Crippen LogP contribution in [0.5, 0.6) is 0 Å². The molecule has 0 atom stereocenters. The lowest BCUT2D eigenvalue weighted by Crippen LogP contribution is -2.48. The van der Waals surface area contributed by atoms with E-state index in [0.717, 1.165) is 5.56 Å². The first kappa shape index (κ1) is 19.5. The van der Waals surface area contributed by atoms with Crippen LogP contribution in [0.2, 0.25) is 0 Å². The summed E-state index contributed by atoms with van der Waals surface area (Å²) in [5.41, 5.74) is 1.62. The standard InChI is InChI=1S/C19H21N3O3S2/c1-15-7-9-17(10-8-15)27(23,24)21-18(16-5-3-2-4-6-16)20-19(26)22-11-13-25-14-12-22/h2-10H,11-14H2,1H3,(H,20,21,26). The van der Waals surface area contributed by atoms with Crippen LogP contribution in [0.1, 0.15) is 11.1 Å². The quantitative estimate of drug-likeness (QED) is 0.482. The molecule has 0 amide bonds. The van der Waals surface area contributed by atoms with Gasteiger partial charge in [0, 0.05) is 18.7 Å². The molecular weight excluding hydrogens is 382 g/mol. The monoisotopic (exact) mass is 403 g/mol. The van der Waals surface area contributed by atoms with E-state index in [1.165, 1.54) is 0 Å².